The van der Waals surface area contributed by atoms with Crippen LogP contribution in [0.3, 0.4) is 0 Å². The van der Waals surface area contributed by atoms with Crippen LogP contribution in [0.5, 0.6) is 0 Å². The molecule has 2 nitrogen and oxygen atoms in total. The molecule has 1 aliphatic carbocycles. The molecular formula is C12H19NOS. The average Bonchev–Trinajstić information content (AvgIpc) is 2.96. The van der Waals surface area contributed by atoms with Gasteiger partial charge in [0.25, 0.3) is 0 Å². The summed E-state index contributed by atoms with van der Waals surface area (Å²) in [4.78, 5) is 1.30. The number of ether oxygens (including phenoxy) is 1. The zero-order valence-corrected chi connectivity index (χ0v) is 10.1. The van der Waals surface area contributed by atoms with Gasteiger partial charge in [-0.25, -0.2) is 0 Å². The molecule has 0 aliphatic heterocycles. The first kappa shape index (κ1) is 11.1. The molecule has 2 N–H and O–H groups in total. The van der Waals surface area contributed by atoms with Crippen LogP contribution in [0.1, 0.15) is 35.8 Å². The van der Waals surface area contributed by atoms with Gasteiger partial charge in [0, 0.05) is 18.0 Å². The van der Waals surface area contributed by atoms with Gasteiger partial charge in [-0.05, 0) is 36.3 Å². The second kappa shape index (κ2) is 5.10. The van der Waals surface area contributed by atoms with Gasteiger partial charge >= 0.3 is 0 Å². The van der Waals surface area contributed by atoms with Gasteiger partial charge in [0.1, 0.15) is 6.10 Å². The molecule has 1 heterocycles. The highest BCUT2D eigenvalue weighted by Gasteiger charge is 2.22. The molecule has 0 aromatic carbocycles. The first-order valence-electron chi connectivity index (χ1n) is 5.67. The summed E-state index contributed by atoms with van der Waals surface area (Å²) in [6, 6.07) is 2.13. The number of hydrogen-bond acceptors (Lipinski definition) is 3. The lowest BCUT2D eigenvalue weighted by Crippen LogP contribution is -2.16. The maximum absolute atomic E-state index is 5.85. The molecule has 1 atom stereocenters. The highest BCUT2D eigenvalue weighted by molar-refractivity contribution is 7.10. The molecule has 1 aromatic rings. The molecule has 1 unspecified atom stereocenters. The minimum Gasteiger partial charge on any atom is -0.371 e. The fraction of sp³-hybridized carbons (Fsp3) is 0.667. The van der Waals surface area contributed by atoms with Gasteiger partial charge in [-0.3, -0.25) is 0 Å². The van der Waals surface area contributed by atoms with Gasteiger partial charge in [-0.15, -0.1) is 11.3 Å². The van der Waals surface area contributed by atoms with Crippen molar-refractivity contribution in [3.05, 3.63) is 21.9 Å². The highest BCUT2D eigenvalue weighted by atomic mass is 32.1. The Morgan fingerprint density at radius 2 is 2.40 bits per heavy atom. The number of hydrogen-bond donors (Lipinski definition) is 1. The van der Waals surface area contributed by atoms with Crippen molar-refractivity contribution >= 4 is 11.3 Å². The highest BCUT2D eigenvalue weighted by Crippen LogP contribution is 2.33. The molecule has 1 fully saturated rings. The predicted octanol–water partition coefficient (Wildman–Crippen LogP) is 2.87. The van der Waals surface area contributed by atoms with E-state index in [9.17, 15) is 0 Å². The second-order valence-electron chi connectivity index (χ2n) is 4.30. The smallest absolute Gasteiger partial charge is 0.104 e. The van der Waals surface area contributed by atoms with Gasteiger partial charge in [0.05, 0.1) is 0 Å². The molecular weight excluding hydrogens is 206 g/mol. The van der Waals surface area contributed by atoms with Crippen molar-refractivity contribution in [3.63, 3.8) is 0 Å². The quantitative estimate of drug-likeness (QED) is 0.808. The zero-order chi connectivity index (χ0) is 10.7. The molecule has 1 saturated carbocycles. The van der Waals surface area contributed by atoms with Crippen molar-refractivity contribution in [2.75, 3.05) is 13.2 Å². The van der Waals surface area contributed by atoms with Crippen molar-refractivity contribution in [2.45, 2.75) is 32.3 Å². The lowest BCUT2D eigenvalue weighted by molar-refractivity contribution is 0.0565. The number of nitrogens with two attached hydrogens (primary N) is 1. The van der Waals surface area contributed by atoms with Crippen LogP contribution in [-0.2, 0) is 4.74 Å². The molecule has 2 rings (SSSR count). The van der Waals surface area contributed by atoms with Crippen LogP contribution in [0.25, 0.3) is 0 Å². The lowest BCUT2D eigenvalue weighted by atomic mass is 10.2. The fourth-order valence-corrected chi connectivity index (χ4v) is 2.74. The van der Waals surface area contributed by atoms with Crippen molar-refractivity contribution in [1.82, 2.24) is 0 Å². The largest absolute Gasteiger partial charge is 0.371 e. The van der Waals surface area contributed by atoms with Crippen LogP contribution < -0.4 is 5.73 Å². The first-order valence-corrected chi connectivity index (χ1v) is 6.55. The number of rotatable bonds is 6. The van der Waals surface area contributed by atoms with E-state index in [1.165, 1.54) is 29.7 Å². The van der Waals surface area contributed by atoms with E-state index in [1.807, 2.05) is 0 Å². The van der Waals surface area contributed by atoms with E-state index in [4.69, 9.17) is 10.5 Å². The van der Waals surface area contributed by atoms with Gasteiger partial charge in [0.2, 0.25) is 0 Å². The van der Waals surface area contributed by atoms with E-state index in [1.54, 1.807) is 11.3 Å². The monoisotopic (exact) mass is 225 g/mol. The summed E-state index contributed by atoms with van der Waals surface area (Å²) < 4.78 is 5.85. The fourth-order valence-electron chi connectivity index (χ4n) is 1.75. The van der Waals surface area contributed by atoms with Gasteiger partial charge in [-0.2, -0.15) is 0 Å². The average molecular weight is 225 g/mol. The number of thiophene rings is 1. The predicted molar refractivity (Wildman–Crippen MR) is 64.1 cm³/mol. The molecule has 0 radical (unpaired) electrons. The van der Waals surface area contributed by atoms with Crippen LogP contribution in [0.2, 0.25) is 0 Å². The Morgan fingerprint density at radius 1 is 1.60 bits per heavy atom. The second-order valence-corrected chi connectivity index (χ2v) is 5.24. The van der Waals surface area contributed by atoms with Gasteiger partial charge < -0.3 is 10.5 Å². The maximum atomic E-state index is 5.85. The molecule has 84 valence electrons. The third kappa shape index (κ3) is 3.03. The van der Waals surface area contributed by atoms with Crippen LogP contribution in [0, 0.1) is 12.8 Å². The SMILES string of the molecule is Cc1ccsc1C(CN)OCCC1CC1. The molecule has 0 amide bonds. The van der Waals surface area contributed by atoms with Gasteiger partial charge in [-0.1, -0.05) is 12.8 Å². The van der Waals surface area contributed by atoms with Gasteiger partial charge in [0.15, 0.2) is 0 Å². The summed E-state index contributed by atoms with van der Waals surface area (Å²) in [6.07, 6.45) is 4.12. The Morgan fingerprint density at radius 3 is 2.93 bits per heavy atom. The molecule has 1 aromatic heterocycles. The van der Waals surface area contributed by atoms with Crippen LogP contribution >= 0.6 is 11.3 Å². The normalized spacial score (nSPS) is 18.0. The Bertz CT molecular complexity index is 306. The van der Waals surface area contributed by atoms with E-state index >= 15 is 0 Å². The molecule has 3 heteroatoms. The Labute approximate surface area is 95.4 Å². The molecule has 15 heavy (non-hydrogen) atoms. The van der Waals surface area contributed by atoms with Crippen molar-refractivity contribution in [1.29, 1.82) is 0 Å². The first-order chi connectivity index (χ1) is 7.31. The third-order valence-electron chi connectivity index (χ3n) is 2.95. The maximum Gasteiger partial charge on any atom is 0.104 e. The summed E-state index contributed by atoms with van der Waals surface area (Å²) in [5, 5.41) is 2.11. The zero-order valence-electron chi connectivity index (χ0n) is 9.24. The molecule has 0 saturated heterocycles. The van der Waals surface area contributed by atoms with Crippen LogP contribution in [0.4, 0.5) is 0 Å². The van der Waals surface area contributed by atoms with E-state index in [-0.39, 0.29) is 6.10 Å². The van der Waals surface area contributed by atoms with Crippen LogP contribution in [0.15, 0.2) is 11.4 Å². The standard InChI is InChI=1S/C12H19NOS/c1-9-5-7-15-12(9)11(8-13)14-6-4-10-2-3-10/h5,7,10-11H,2-4,6,8,13H2,1H3. The Hall–Kier alpha value is -0.380. The Kier molecular flexibility index (Phi) is 3.78. The molecule has 0 spiro atoms. The Balaban J connectivity index is 1.83. The lowest BCUT2D eigenvalue weighted by Gasteiger charge is -2.15. The summed E-state index contributed by atoms with van der Waals surface area (Å²) >= 11 is 1.75. The summed E-state index contributed by atoms with van der Waals surface area (Å²) in [5.74, 6) is 0.938. The minimum absolute atomic E-state index is 0.115. The van der Waals surface area contributed by atoms with Crippen molar-refractivity contribution < 1.29 is 4.74 Å². The topological polar surface area (TPSA) is 35.2 Å². The summed E-state index contributed by atoms with van der Waals surface area (Å²) in [6.45, 7) is 3.58. The van der Waals surface area contributed by atoms with E-state index in [0.717, 1.165) is 12.5 Å². The third-order valence-corrected chi connectivity index (χ3v) is 4.06. The summed E-state index contributed by atoms with van der Waals surface area (Å²) in [7, 11) is 0. The van der Waals surface area contributed by atoms with Crippen LogP contribution in [-0.4, -0.2) is 13.2 Å². The number of aryl methyl sites for hydroxylation is 1. The molecule has 1 aliphatic rings. The van der Waals surface area contributed by atoms with E-state index in [2.05, 4.69) is 18.4 Å². The van der Waals surface area contributed by atoms with E-state index < -0.39 is 0 Å². The molecule has 0 bridgehead atoms. The van der Waals surface area contributed by atoms with Crippen molar-refractivity contribution in [3.8, 4) is 0 Å². The van der Waals surface area contributed by atoms with Crippen molar-refractivity contribution in [2.24, 2.45) is 11.7 Å². The minimum atomic E-state index is 0.115. The summed E-state index contributed by atoms with van der Waals surface area (Å²) in [5.41, 5.74) is 7.05. The van der Waals surface area contributed by atoms with E-state index in [0.29, 0.717) is 6.54 Å².